The molecule has 1 radical (unpaired) electrons. The molecular weight excluding hydrogens is 330 g/mol. The summed E-state index contributed by atoms with van der Waals surface area (Å²) in [6.45, 7) is 5.97. The summed E-state index contributed by atoms with van der Waals surface area (Å²) in [6.07, 6.45) is 0. The largest absolute Gasteiger partial charge is 0.208 e. The van der Waals surface area contributed by atoms with E-state index >= 15 is 0 Å². The lowest BCUT2D eigenvalue weighted by Crippen LogP contribution is -2.15. The van der Waals surface area contributed by atoms with E-state index in [4.69, 9.17) is 0 Å². The summed E-state index contributed by atoms with van der Waals surface area (Å²) in [6, 6.07) is 19.1. The van der Waals surface area contributed by atoms with E-state index in [1.165, 1.54) is 17.2 Å². The third kappa shape index (κ3) is 4.90. The lowest BCUT2D eigenvalue weighted by atomic mass is 9.73. The third-order valence-electron chi connectivity index (χ3n) is 4.27. The van der Waals surface area contributed by atoms with E-state index in [0.717, 1.165) is 16.7 Å². The summed E-state index contributed by atoms with van der Waals surface area (Å²) >= 11 is 0. The maximum atomic E-state index is 13.8. The number of halogens is 1. The van der Waals surface area contributed by atoms with E-state index in [0.29, 0.717) is 11.0 Å². The van der Waals surface area contributed by atoms with E-state index in [1.807, 2.05) is 37.2 Å². The fourth-order valence-electron chi connectivity index (χ4n) is 2.71. The molecule has 3 rings (SSSR count). The molecule has 0 bridgehead atoms. The van der Waals surface area contributed by atoms with Gasteiger partial charge in [-0.05, 0) is 61.9 Å². The van der Waals surface area contributed by atoms with Crippen molar-refractivity contribution >= 4 is 12.7 Å². The minimum atomic E-state index is -0.249. The van der Waals surface area contributed by atoms with Gasteiger partial charge in [0.15, 0.2) is 7.28 Å². The van der Waals surface area contributed by atoms with Gasteiger partial charge in [-0.15, -0.1) is 0 Å². The Morgan fingerprint density at radius 1 is 0.704 bits per heavy atom. The molecular formula is C25H19BF. The highest BCUT2D eigenvalue weighted by atomic mass is 19.1. The van der Waals surface area contributed by atoms with Gasteiger partial charge in [0.25, 0.3) is 0 Å². The summed E-state index contributed by atoms with van der Waals surface area (Å²) in [5.41, 5.74) is 6.53. The Hall–Kier alpha value is -3.23. The van der Waals surface area contributed by atoms with Gasteiger partial charge < -0.3 is 0 Å². The van der Waals surface area contributed by atoms with Crippen LogP contribution in [-0.2, 0) is 0 Å². The Morgan fingerprint density at radius 2 is 1.30 bits per heavy atom. The molecule has 0 N–H and O–H groups in total. The first-order chi connectivity index (χ1) is 13.0. The molecule has 3 aromatic carbocycles. The molecule has 2 heteroatoms. The number of rotatable bonds is 1. The molecule has 0 saturated carbocycles. The van der Waals surface area contributed by atoms with Crippen molar-refractivity contribution in [3.05, 3.63) is 99.9 Å². The first-order valence-electron chi connectivity index (χ1n) is 8.85. The Kier molecular flexibility index (Phi) is 5.80. The van der Waals surface area contributed by atoms with Gasteiger partial charge in [0.05, 0.1) is 0 Å². The fraction of sp³-hybridized carbons (Fsp3) is 0.120. The molecule has 3 aromatic rings. The van der Waals surface area contributed by atoms with E-state index in [-0.39, 0.29) is 5.82 Å². The van der Waals surface area contributed by atoms with Gasteiger partial charge in [0, 0.05) is 22.3 Å². The zero-order chi connectivity index (χ0) is 19.2. The molecule has 0 saturated heterocycles. The van der Waals surface area contributed by atoms with Crippen LogP contribution in [0.4, 0.5) is 4.39 Å². The molecule has 0 aliphatic rings. The van der Waals surface area contributed by atoms with Gasteiger partial charge in [0.1, 0.15) is 5.82 Å². The van der Waals surface area contributed by atoms with E-state index < -0.39 is 0 Å². The van der Waals surface area contributed by atoms with Crippen LogP contribution in [0.2, 0.25) is 6.82 Å². The Balaban J connectivity index is 1.75. The van der Waals surface area contributed by atoms with Crippen molar-refractivity contribution in [2.24, 2.45) is 0 Å². The maximum absolute atomic E-state index is 13.8. The van der Waals surface area contributed by atoms with E-state index in [1.54, 1.807) is 13.3 Å². The second-order valence-electron chi connectivity index (χ2n) is 6.42. The number of benzene rings is 3. The highest BCUT2D eigenvalue weighted by molar-refractivity contribution is 6.52. The van der Waals surface area contributed by atoms with Crippen molar-refractivity contribution in [1.29, 1.82) is 0 Å². The fourth-order valence-corrected chi connectivity index (χ4v) is 2.71. The molecule has 0 aliphatic heterocycles. The second-order valence-corrected chi connectivity index (χ2v) is 6.42. The number of hydrogen-bond acceptors (Lipinski definition) is 0. The third-order valence-corrected chi connectivity index (χ3v) is 4.27. The first kappa shape index (κ1) is 18.6. The molecule has 129 valence electrons. The van der Waals surface area contributed by atoms with Crippen LogP contribution in [-0.4, -0.2) is 7.28 Å². The van der Waals surface area contributed by atoms with Crippen LogP contribution < -0.4 is 5.46 Å². The van der Waals surface area contributed by atoms with Gasteiger partial charge >= 0.3 is 0 Å². The maximum Gasteiger partial charge on any atom is 0.152 e. The minimum absolute atomic E-state index is 0.249. The molecule has 0 unspecified atom stereocenters. The monoisotopic (exact) mass is 349 g/mol. The van der Waals surface area contributed by atoms with Crippen LogP contribution in [0.25, 0.3) is 0 Å². The van der Waals surface area contributed by atoms with Crippen LogP contribution >= 0.6 is 0 Å². The molecule has 27 heavy (non-hydrogen) atoms. The van der Waals surface area contributed by atoms with Gasteiger partial charge in [0.2, 0.25) is 0 Å². The average Bonchev–Trinajstić information content (AvgIpc) is 2.66. The summed E-state index contributed by atoms with van der Waals surface area (Å²) in [4.78, 5) is 0. The van der Waals surface area contributed by atoms with Crippen LogP contribution in [0.1, 0.15) is 33.4 Å². The Bertz CT molecular complexity index is 1090. The first-order valence-corrected chi connectivity index (χ1v) is 8.85. The minimum Gasteiger partial charge on any atom is -0.208 e. The number of aryl methyl sites for hydroxylation is 2. The smallest absolute Gasteiger partial charge is 0.152 e. The Morgan fingerprint density at radius 3 is 1.89 bits per heavy atom. The average molecular weight is 349 g/mol. The summed E-state index contributed by atoms with van der Waals surface area (Å²) in [7, 11) is 1.74. The van der Waals surface area contributed by atoms with Gasteiger partial charge in [-0.25, -0.2) is 4.39 Å². The molecule has 0 fully saturated rings. The van der Waals surface area contributed by atoms with E-state index in [9.17, 15) is 4.39 Å². The molecule has 0 atom stereocenters. The lowest BCUT2D eigenvalue weighted by Gasteiger charge is -1.99. The van der Waals surface area contributed by atoms with Gasteiger partial charge in [-0.2, -0.15) is 0 Å². The normalized spacial score (nSPS) is 9.63. The van der Waals surface area contributed by atoms with Crippen molar-refractivity contribution in [1.82, 2.24) is 0 Å². The quantitative estimate of drug-likeness (QED) is 0.444. The van der Waals surface area contributed by atoms with Crippen molar-refractivity contribution in [3.63, 3.8) is 0 Å². The zero-order valence-electron chi connectivity index (χ0n) is 15.7. The van der Waals surface area contributed by atoms with Crippen LogP contribution in [0.15, 0.2) is 60.7 Å². The lowest BCUT2D eigenvalue weighted by molar-refractivity contribution is 0.635. The highest BCUT2D eigenvalue weighted by Gasteiger charge is 2.00. The van der Waals surface area contributed by atoms with Crippen molar-refractivity contribution in [3.8, 4) is 23.7 Å². The molecule has 0 aromatic heterocycles. The van der Waals surface area contributed by atoms with Crippen molar-refractivity contribution in [2.75, 3.05) is 0 Å². The van der Waals surface area contributed by atoms with Crippen molar-refractivity contribution < 1.29 is 4.39 Å². The molecule has 0 aliphatic carbocycles. The highest BCUT2D eigenvalue weighted by Crippen LogP contribution is 2.10. The summed E-state index contributed by atoms with van der Waals surface area (Å²) < 4.78 is 13.8. The predicted octanol–water partition coefficient (Wildman–Crippen LogP) is 4.62. The topological polar surface area (TPSA) is 0 Å². The molecule has 0 nitrogen and oxygen atoms in total. The standard InChI is InChI=1S/C25H19BF/c1-18-4-13-23(19(2)16-18)14-11-21-7-5-20(6-8-21)9-10-22-12-15-24(26-3)25(27)17-22/h4-8,12-13,15-17H,1-3H3. The van der Waals surface area contributed by atoms with Crippen LogP contribution in [0, 0.1) is 43.3 Å². The molecule has 0 amide bonds. The summed E-state index contributed by atoms with van der Waals surface area (Å²) in [5, 5.41) is 0. The molecule has 0 spiro atoms. The van der Waals surface area contributed by atoms with Gasteiger partial charge in [-0.3, -0.25) is 0 Å². The summed E-state index contributed by atoms with van der Waals surface area (Å²) in [5.74, 6) is 12.2. The van der Waals surface area contributed by atoms with Crippen LogP contribution in [0.3, 0.4) is 0 Å². The SMILES string of the molecule is C[B]c1ccc(C#Cc2ccc(C#Cc3ccc(C)cc3C)cc2)cc1F. The number of hydrogen-bond donors (Lipinski definition) is 0. The van der Waals surface area contributed by atoms with E-state index in [2.05, 4.69) is 55.7 Å². The second kappa shape index (κ2) is 8.44. The Labute approximate surface area is 161 Å². The zero-order valence-corrected chi connectivity index (χ0v) is 15.7. The molecule has 0 heterocycles. The van der Waals surface area contributed by atoms with Gasteiger partial charge in [-0.1, -0.05) is 59.7 Å². The van der Waals surface area contributed by atoms with Crippen molar-refractivity contribution in [2.45, 2.75) is 20.7 Å². The predicted molar refractivity (Wildman–Crippen MR) is 112 cm³/mol. The van der Waals surface area contributed by atoms with Crippen LogP contribution in [0.5, 0.6) is 0 Å².